The summed E-state index contributed by atoms with van der Waals surface area (Å²) in [6, 6.07) is 3.45. The summed E-state index contributed by atoms with van der Waals surface area (Å²) in [4.78, 5) is 24.1. The predicted octanol–water partition coefficient (Wildman–Crippen LogP) is 5.12. The molecule has 0 aliphatic carbocycles. The highest BCUT2D eigenvalue weighted by Crippen LogP contribution is 2.33. The number of alkyl halides is 3. The van der Waals surface area contributed by atoms with Crippen molar-refractivity contribution in [2.24, 2.45) is 0 Å². The van der Waals surface area contributed by atoms with Crippen molar-refractivity contribution in [1.82, 2.24) is 15.0 Å². The first-order valence-corrected chi connectivity index (χ1v) is 9.41. The second-order valence-electron chi connectivity index (χ2n) is 5.94. The molecule has 3 aromatic rings. The molecule has 150 valence electrons. The highest BCUT2D eigenvalue weighted by Gasteiger charge is 2.31. The second kappa shape index (κ2) is 8.39. The van der Waals surface area contributed by atoms with E-state index in [9.17, 15) is 22.4 Å². The van der Waals surface area contributed by atoms with Crippen LogP contribution in [-0.4, -0.2) is 20.9 Å². The predicted molar refractivity (Wildman–Crippen MR) is 107 cm³/mol. The van der Waals surface area contributed by atoms with Crippen molar-refractivity contribution in [3.8, 4) is 11.3 Å². The number of aromatic nitrogens is 3. The lowest BCUT2D eigenvalue weighted by atomic mass is 9.99. The molecule has 0 aliphatic heterocycles. The Morgan fingerprint density at radius 2 is 1.90 bits per heavy atom. The molecule has 29 heavy (non-hydrogen) atoms. The first-order valence-electron chi connectivity index (χ1n) is 8.33. The summed E-state index contributed by atoms with van der Waals surface area (Å²) in [5.74, 6) is -1.48. The number of halogens is 5. The van der Waals surface area contributed by atoms with E-state index in [1.54, 1.807) is 22.6 Å². The number of anilines is 1. The van der Waals surface area contributed by atoms with Crippen LogP contribution in [0.25, 0.3) is 11.3 Å². The maximum atomic E-state index is 13.9. The lowest BCUT2D eigenvalue weighted by Crippen LogP contribution is -2.16. The quantitative estimate of drug-likeness (QED) is 0.387. The molecular formula is C19H13F4IN4O. The van der Waals surface area contributed by atoms with Crippen LogP contribution in [0.4, 0.5) is 23.4 Å². The standard InChI is InChI=1S/C19H13F4IN4O/c1-2-10-3-4-11(19(21,22)23)5-12(10)15-8-27-16(9-26-15)28-18(29)17-13(20)6-25-7-14(17)24/h3-9H,2H2,1H3,(H,27,28,29). The average molecular weight is 516 g/mol. The molecule has 0 fully saturated rings. The fraction of sp³-hybridized carbons (Fsp3) is 0.158. The van der Waals surface area contributed by atoms with Crippen LogP contribution >= 0.6 is 22.6 Å². The summed E-state index contributed by atoms with van der Waals surface area (Å²) < 4.78 is 53.3. The molecule has 0 aliphatic rings. The molecule has 0 atom stereocenters. The molecule has 2 heterocycles. The number of nitrogens with zero attached hydrogens (tertiary/aromatic N) is 3. The minimum absolute atomic E-state index is 0.0378. The molecule has 2 aromatic heterocycles. The summed E-state index contributed by atoms with van der Waals surface area (Å²) in [6.07, 6.45) is 0.761. The van der Waals surface area contributed by atoms with Crippen molar-refractivity contribution in [3.63, 3.8) is 0 Å². The molecule has 5 nitrogen and oxygen atoms in total. The average Bonchev–Trinajstić information content (AvgIpc) is 2.67. The van der Waals surface area contributed by atoms with Gasteiger partial charge in [-0.25, -0.2) is 9.37 Å². The number of aryl methyl sites for hydroxylation is 1. The van der Waals surface area contributed by atoms with Crippen LogP contribution < -0.4 is 5.32 Å². The van der Waals surface area contributed by atoms with Crippen LogP contribution in [0.2, 0.25) is 0 Å². The van der Waals surface area contributed by atoms with Crippen molar-refractivity contribution < 1.29 is 22.4 Å². The van der Waals surface area contributed by atoms with Crippen LogP contribution in [0, 0.1) is 9.39 Å². The van der Waals surface area contributed by atoms with E-state index in [-0.39, 0.29) is 17.1 Å². The van der Waals surface area contributed by atoms with Crippen LogP contribution in [0.5, 0.6) is 0 Å². The van der Waals surface area contributed by atoms with Crippen molar-refractivity contribution in [2.45, 2.75) is 19.5 Å². The third kappa shape index (κ3) is 4.69. The summed E-state index contributed by atoms with van der Waals surface area (Å²) >= 11 is 1.78. The molecule has 0 saturated carbocycles. The molecule has 0 spiro atoms. The number of carbonyl (C=O) groups excluding carboxylic acids is 1. The first kappa shape index (κ1) is 21.1. The fourth-order valence-electron chi connectivity index (χ4n) is 2.64. The monoisotopic (exact) mass is 516 g/mol. The Morgan fingerprint density at radius 3 is 2.48 bits per heavy atom. The Morgan fingerprint density at radius 1 is 1.14 bits per heavy atom. The number of carbonyl (C=O) groups is 1. The van der Waals surface area contributed by atoms with Crippen molar-refractivity contribution in [2.75, 3.05) is 5.32 Å². The van der Waals surface area contributed by atoms with Gasteiger partial charge in [-0.05, 0) is 46.7 Å². The van der Waals surface area contributed by atoms with E-state index in [0.29, 0.717) is 21.1 Å². The minimum atomic E-state index is -4.48. The smallest absolute Gasteiger partial charge is 0.305 e. The summed E-state index contributed by atoms with van der Waals surface area (Å²) in [5.41, 5.74) is 0.250. The maximum Gasteiger partial charge on any atom is 0.416 e. The van der Waals surface area contributed by atoms with Crippen molar-refractivity contribution in [1.29, 1.82) is 0 Å². The van der Waals surface area contributed by atoms with Crippen LogP contribution in [-0.2, 0) is 12.6 Å². The van der Waals surface area contributed by atoms with E-state index in [2.05, 4.69) is 20.3 Å². The number of nitrogens with one attached hydrogen (secondary N) is 1. The van der Waals surface area contributed by atoms with Gasteiger partial charge in [0.05, 0.1) is 35.4 Å². The van der Waals surface area contributed by atoms with E-state index in [1.165, 1.54) is 24.7 Å². The number of benzene rings is 1. The summed E-state index contributed by atoms with van der Waals surface area (Å²) in [7, 11) is 0. The Hall–Kier alpha value is -2.63. The molecule has 0 unspecified atom stereocenters. The zero-order valence-corrected chi connectivity index (χ0v) is 17.0. The maximum absolute atomic E-state index is 13.9. The van der Waals surface area contributed by atoms with Gasteiger partial charge in [-0.3, -0.25) is 14.8 Å². The van der Waals surface area contributed by atoms with E-state index < -0.39 is 23.5 Å². The Kier molecular flexibility index (Phi) is 6.10. The lowest BCUT2D eigenvalue weighted by Gasteiger charge is -2.13. The molecule has 10 heteroatoms. The molecule has 0 radical (unpaired) electrons. The zero-order valence-electron chi connectivity index (χ0n) is 14.9. The first-order chi connectivity index (χ1) is 13.7. The second-order valence-corrected chi connectivity index (χ2v) is 7.10. The van der Waals surface area contributed by atoms with E-state index >= 15 is 0 Å². The number of pyridine rings is 1. The van der Waals surface area contributed by atoms with Gasteiger partial charge in [-0.2, -0.15) is 13.2 Å². The van der Waals surface area contributed by atoms with Gasteiger partial charge in [0.25, 0.3) is 5.91 Å². The SMILES string of the molecule is CCc1ccc(C(F)(F)F)cc1-c1cnc(NC(=O)c2c(F)cncc2I)cn1. The summed E-state index contributed by atoms with van der Waals surface area (Å²) in [5, 5.41) is 2.42. The van der Waals surface area contributed by atoms with Crippen molar-refractivity contribution >= 4 is 34.3 Å². The van der Waals surface area contributed by atoms with Gasteiger partial charge in [-0.1, -0.05) is 13.0 Å². The fourth-order valence-corrected chi connectivity index (χ4v) is 3.30. The molecule has 1 aromatic carbocycles. The number of hydrogen-bond donors (Lipinski definition) is 1. The van der Waals surface area contributed by atoms with E-state index in [0.717, 1.165) is 18.3 Å². The molecule has 1 amide bonds. The molecule has 0 saturated heterocycles. The number of hydrogen-bond acceptors (Lipinski definition) is 4. The Labute approximate surface area is 176 Å². The zero-order chi connectivity index (χ0) is 21.2. The van der Waals surface area contributed by atoms with E-state index in [4.69, 9.17) is 0 Å². The highest BCUT2D eigenvalue weighted by atomic mass is 127. The normalized spacial score (nSPS) is 11.4. The van der Waals surface area contributed by atoms with Gasteiger partial charge in [0.2, 0.25) is 0 Å². The van der Waals surface area contributed by atoms with E-state index in [1.807, 2.05) is 6.92 Å². The summed E-state index contributed by atoms with van der Waals surface area (Å²) in [6.45, 7) is 1.82. The topological polar surface area (TPSA) is 67.8 Å². The highest BCUT2D eigenvalue weighted by molar-refractivity contribution is 14.1. The van der Waals surface area contributed by atoms with Gasteiger partial charge in [0.1, 0.15) is 0 Å². The largest absolute Gasteiger partial charge is 0.416 e. The van der Waals surface area contributed by atoms with Gasteiger partial charge in [-0.15, -0.1) is 0 Å². The van der Waals surface area contributed by atoms with Crippen LogP contribution in [0.3, 0.4) is 0 Å². The minimum Gasteiger partial charge on any atom is -0.305 e. The number of amides is 1. The third-order valence-corrected chi connectivity index (χ3v) is 4.89. The molecular weight excluding hydrogens is 503 g/mol. The van der Waals surface area contributed by atoms with Gasteiger partial charge in [0.15, 0.2) is 11.6 Å². The third-order valence-electron chi connectivity index (χ3n) is 4.07. The van der Waals surface area contributed by atoms with Crippen molar-refractivity contribution in [3.05, 3.63) is 69.1 Å². The van der Waals surface area contributed by atoms with Gasteiger partial charge < -0.3 is 5.32 Å². The lowest BCUT2D eigenvalue weighted by molar-refractivity contribution is -0.137. The Balaban J connectivity index is 1.88. The molecule has 1 N–H and O–H groups in total. The van der Waals surface area contributed by atoms with Gasteiger partial charge in [0, 0.05) is 15.3 Å². The van der Waals surface area contributed by atoms with Crippen LogP contribution in [0.15, 0.2) is 43.0 Å². The number of rotatable bonds is 4. The Bertz CT molecular complexity index is 1030. The van der Waals surface area contributed by atoms with Crippen LogP contribution in [0.1, 0.15) is 28.4 Å². The molecule has 3 rings (SSSR count). The van der Waals surface area contributed by atoms with Gasteiger partial charge >= 0.3 is 6.18 Å². The molecule has 0 bridgehead atoms.